The van der Waals surface area contributed by atoms with E-state index in [4.69, 9.17) is 14.2 Å². The Morgan fingerprint density at radius 1 is 1.09 bits per heavy atom. The van der Waals surface area contributed by atoms with Crippen molar-refractivity contribution in [1.29, 1.82) is 0 Å². The average Bonchev–Trinajstić information content (AvgIpc) is 3.59. The maximum absolute atomic E-state index is 15.3. The first-order valence-electron chi connectivity index (χ1n) is 11.8. The summed E-state index contributed by atoms with van der Waals surface area (Å²) in [7, 11) is 1.64. The van der Waals surface area contributed by atoms with Crippen LogP contribution in [0, 0.1) is 23.4 Å². The van der Waals surface area contributed by atoms with Crippen molar-refractivity contribution in [2.45, 2.75) is 57.3 Å². The molecule has 0 bridgehead atoms. The first kappa shape index (κ1) is 23.0. The number of anilines is 1. The van der Waals surface area contributed by atoms with Crippen molar-refractivity contribution in [3.63, 3.8) is 0 Å². The van der Waals surface area contributed by atoms with Gasteiger partial charge in [-0.1, -0.05) is 12.1 Å². The monoisotopic (exact) mass is 475 g/mol. The minimum Gasteiger partial charge on any atom is -0.490 e. The molecule has 8 heteroatoms. The van der Waals surface area contributed by atoms with E-state index in [-0.39, 0.29) is 53.8 Å². The van der Waals surface area contributed by atoms with Gasteiger partial charge in [-0.25, -0.2) is 13.2 Å². The molecule has 1 aliphatic heterocycles. The smallest absolute Gasteiger partial charge is 0.309 e. The second-order valence-corrected chi connectivity index (χ2v) is 9.29. The van der Waals surface area contributed by atoms with E-state index < -0.39 is 11.6 Å². The molecule has 34 heavy (non-hydrogen) atoms. The van der Waals surface area contributed by atoms with Crippen LogP contribution in [0.2, 0.25) is 0 Å². The van der Waals surface area contributed by atoms with Crippen molar-refractivity contribution in [3.05, 3.63) is 58.4 Å². The van der Waals surface area contributed by atoms with Crippen LogP contribution >= 0.6 is 0 Å². The maximum atomic E-state index is 15.3. The molecule has 2 atom stereocenters. The zero-order valence-electron chi connectivity index (χ0n) is 19.3. The number of carbonyl (C=O) groups is 1. The summed E-state index contributed by atoms with van der Waals surface area (Å²) < 4.78 is 60.5. The largest absolute Gasteiger partial charge is 0.490 e. The van der Waals surface area contributed by atoms with Crippen molar-refractivity contribution in [3.8, 4) is 5.75 Å². The second-order valence-electron chi connectivity index (χ2n) is 9.29. The van der Waals surface area contributed by atoms with E-state index in [1.807, 2.05) is 6.07 Å². The number of benzene rings is 2. The Labute approximate surface area is 196 Å². The molecular weight excluding hydrogens is 447 g/mol. The molecule has 2 fully saturated rings. The predicted octanol–water partition coefficient (Wildman–Crippen LogP) is 4.89. The van der Waals surface area contributed by atoms with Gasteiger partial charge in [-0.05, 0) is 36.5 Å². The fraction of sp³-hybridized carbons (Fsp3) is 0.500. The van der Waals surface area contributed by atoms with Gasteiger partial charge >= 0.3 is 5.97 Å². The van der Waals surface area contributed by atoms with E-state index in [0.29, 0.717) is 50.0 Å². The minimum atomic E-state index is -0.971. The number of hydrogen-bond donors (Lipinski definition) is 0. The van der Waals surface area contributed by atoms with Crippen LogP contribution in [-0.2, 0) is 27.2 Å². The van der Waals surface area contributed by atoms with E-state index in [2.05, 4.69) is 0 Å². The predicted molar refractivity (Wildman–Crippen MR) is 119 cm³/mol. The number of hydrogen-bond acceptors (Lipinski definition) is 5. The summed E-state index contributed by atoms with van der Waals surface area (Å²) in [6.07, 6.45) is 2.41. The van der Waals surface area contributed by atoms with Crippen molar-refractivity contribution >= 4 is 11.7 Å². The molecule has 0 amide bonds. The third kappa shape index (κ3) is 4.24. The summed E-state index contributed by atoms with van der Waals surface area (Å²) in [4.78, 5) is 13.7. The number of methoxy groups -OCH3 is 1. The minimum absolute atomic E-state index is 0.0851. The molecule has 1 heterocycles. The van der Waals surface area contributed by atoms with Crippen LogP contribution in [0.4, 0.5) is 18.9 Å². The first-order valence-corrected chi connectivity index (χ1v) is 11.8. The summed E-state index contributed by atoms with van der Waals surface area (Å²) >= 11 is 0. The van der Waals surface area contributed by atoms with Gasteiger partial charge in [0.15, 0.2) is 11.6 Å². The van der Waals surface area contributed by atoms with Gasteiger partial charge in [0, 0.05) is 51.1 Å². The third-order valence-corrected chi connectivity index (χ3v) is 7.15. The average molecular weight is 476 g/mol. The van der Waals surface area contributed by atoms with Crippen molar-refractivity contribution < 1.29 is 32.2 Å². The Bertz CT molecular complexity index is 1100. The normalized spacial score (nSPS) is 25.4. The van der Waals surface area contributed by atoms with Crippen molar-refractivity contribution in [2.75, 3.05) is 25.2 Å². The Morgan fingerprint density at radius 3 is 2.62 bits per heavy atom. The highest BCUT2D eigenvalue weighted by Gasteiger charge is 2.47. The van der Waals surface area contributed by atoms with Crippen LogP contribution in [0.15, 0.2) is 24.3 Å². The second kappa shape index (κ2) is 9.13. The van der Waals surface area contributed by atoms with Gasteiger partial charge in [0.2, 0.25) is 0 Å². The highest BCUT2D eigenvalue weighted by atomic mass is 19.2. The molecule has 0 unspecified atom stereocenters. The van der Waals surface area contributed by atoms with E-state index in [1.54, 1.807) is 25.0 Å². The lowest BCUT2D eigenvalue weighted by Crippen LogP contribution is -2.39. The fourth-order valence-electron chi connectivity index (χ4n) is 5.02. The van der Waals surface area contributed by atoms with Crippen LogP contribution in [-0.4, -0.2) is 38.4 Å². The molecule has 3 aliphatic rings. The van der Waals surface area contributed by atoms with Gasteiger partial charge in [0.25, 0.3) is 0 Å². The van der Waals surface area contributed by atoms with Crippen LogP contribution in [0.1, 0.15) is 48.8 Å². The van der Waals surface area contributed by atoms with Crippen LogP contribution in [0.25, 0.3) is 0 Å². The summed E-state index contributed by atoms with van der Waals surface area (Å²) in [5, 5.41) is 0. The molecule has 0 aromatic heterocycles. The molecule has 0 saturated heterocycles. The number of nitrogens with zero attached hydrogens (tertiary/aromatic N) is 1. The Balaban J connectivity index is 1.32. The lowest BCUT2D eigenvalue weighted by atomic mass is 9.92. The molecule has 0 N–H and O–H groups in total. The summed E-state index contributed by atoms with van der Waals surface area (Å²) in [6, 6.07) is 6.12. The van der Waals surface area contributed by atoms with Crippen LogP contribution in [0.5, 0.6) is 5.75 Å². The van der Waals surface area contributed by atoms with Gasteiger partial charge in [0.05, 0.1) is 24.3 Å². The molecule has 2 aromatic rings. The maximum Gasteiger partial charge on any atom is 0.309 e. The summed E-state index contributed by atoms with van der Waals surface area (Å²) in [6.45, 7) is 2.66. The van der Waals surface area contributed by atoms with Gasteiger partial charge in [-0.3, -0.25) is 4.79 Å². The lowest BCUT2D eigenvalue weighted by molar-refractivity contribution is -0.144. The highest BCUT2D eigenvalue weighted by molar-refractivity contribution is 5.77. The molecule has 2 aromatic carbocycles. The zero-order valence-corrected chi connectivity index (χ0v) is 19.3. The van der Waals surface area contributed by atoms with Crippen LogP contribution < -0.4 is 9.64 Å². The molecule has 0 spiro atoms. The Kier molecular flexibility index (Phi) is 6.18. The summed E-state index contributed by atoms with van der Waals surface area (Å²) in [5.41, 5.74) is 1.95. The Hall–Kier alpha value is -2.74. The van der Waals surface area contributed by atoms with Gasteiger partial charge in [-0.2, -0.15) is 0 Å². The topological polar surface area (TPSA) is 48.0 Å². The molecule has 0 radical (unpaired) electrons. The quantitative estimate of drug-likeness (QED) is 0.534. The number of carbonyl (C=O) groups excluding carboxylic acids is 1. The first-order chi connectivity index (χ1) is 16.4. The highest BCUT2D eigenvalue weighted by Crippen LogP contribution is 2.50. The standard InChI is InChI=1S/C26H28F3NO4/c1-3-33-26(31)21-12-20(21)19-5-4-14-13-30(7-6-18(14)24(19)28)23-11-17(10-22(27)25(23)29)34-16-8-15(9-16)32-2/h4-5,10-11,15-16,20-21H,3,6-9,12-13H2,1-2H3/t15-,16-,20-,21+/m1/s1. The molecule has 2 saturated carbocycles. The number of ether oxygens (including phenoxy) is 3. The van der Waals surface area contributed by atoms with Crippen LogP contribution in [0.3, 0.4) is 0 Å². The number of esters is 1. The van der Waals surface area contributed by atoms with E-state index in [0.717, 1.165) is 11.6 Å². The molecular formula is C26H28F3NO4. The molecule has 2 aliphatic carbocycles. The Morgan fingerprint density at radius 2 is 1.88 bits per heavy atom. The molecule has 182 valence electrons. The van der Waals surface area contributed by atoms with E-state index in [1.165, 1.54) is 6.07 Å². The van der Waals surface area contributed by atoms with Crippen molar-refractivity contribution in [2.24, 2.45) is 5.92 Å². The van der Waals surface area contributed by atoms with Gasteiger partial charge in [-0.15, -0.1) is 0 Å². The SMILES string of the molecule is CCOC(=O)[C@H]1C[C@@H]1c1ccc2c(c1F)CCN(c1cc(O[C@H]3C[C@H](OC)C3)cc(F)c1F)C2. The lowest BCUT2D eigenvalue weighted by Gasteiger charge is -2.35. The zero-order chi connectivity index (χ0) is 24.0. The molecule has 5 nitrogen and oxygen atoms in total. The number of rotatable bonds is 7. The third-order valence-electron chi connectivity index (χ3n) is 7.15. The number of halogens is 3. The van der Waals surface area contributed by atoms with Gasteiger partial charge < -0.3 is 19.1 Å². The summed E-state index contributed by atoms with van der Waals surface area (Å²) in [5.74, 6) is -2.66. The van der Waals surface area contributed by atoms with E-state index in [9.17, 15) is 13.6 Å². The van der Waals surface area contributed by atoms with Gasteiger partial charge in [0.1, 0.15) is 17.7 Å². The van der Waals surface area contributed by atoms with Crippen molar-refractivity contribution in [1.82, 2.24) is 0 Å². The number of fused-ring (bicyclic) bond motifs is 1. The molecule has 5 rings (SSSR count). The fourth-order valence-corrected chi connectivity index (χ4v) is 5.02. The van der Waals surface area contributed by atoms with E-state index >= 15 is 4.39 Å².